The van der Waals surface area contributed by atoms with Gasteiger partial charge in [-0.15, -0.1) is 0 Å². The predicted octanol–water partition coefficient (Wildman–Crippen LogP) is 0.684. The Morgan fingerprint density at radius 3 is 2.00 bits per heavy atom. The minimum atomic E-state index is -3.50. The average Bonchev–Trinajstić information content (AvgIpc) is 2.16. The lowest BCUT2D eigenvalue weighted by atomic mass is 10.1. The highest BCUT2D eigenvalue weighted by atomic mass is 32.2. The van der Waals surface area contributed by atoms with Gasteiger partial charge in [-0.2, -0.15) is 12.7 Å². The molecule has 1 heterocycles. The Balaban J connectivity index is 2.56. The monoisotopic (exact) mass is 250 g/mol. The summed E-state index contributed by atoms with van der Waals surface area (Å²) in [6, 6.07) is 0. The van der Waals surface area contributed by atoms with Gasteiger partial charge in [-0.05, 0) is 27.7 Å². The van der Waals surface area contributed by atoms with Crippen LogP contribution in [0.5, 0.6) is 0 Å². The predicted molar refractivity (Wildman–Crippen MR) is 63.4 cm³/mol. The van der Waals surface area contributed by atoms with Crippen LogP contribution in [0.4, 0.5) is 0 Å². The number of piperazine rings is 1. The molecule has 0 radical (unpaired) electrons. The quantitative estimate of drug-likeness (QED) is 0.739. The largest absolute Gasteiger partial charge is 0.338 e. The van der Waals surface area contributed by atoms with E-state index in [2.05, 4.69) is 25.7 Å². The van der Waals surface area contributed by atoms with Gasteiger partial charge in [-0.25, -0.2) is 0 Å². The lowest BCUT2D eigenvalue weighted by Gasteiger charge is -2.41. The first kappa shape index (κ1) is 13.9. The number of rotatable bonds is 3. The van der Waals surface area contributed by atoms with Gasteiger partial charge < -0.3 is 0 Å². The van der Waals surface area contributed by atoms with Gasteiger partial charge in [0.1, 0.15) is 0 Å². The topological polar surface area (TPSA) is 49.9 Å². The maximum absolute atomic E-state index is 11.6. The fraction of sp³-hybridized carbons (Fsp3) is 1.00. The van der Waals surface area contributed by atoms with Crippen LogP contribution in [0.2, 0.25) is 0 Å². The van der Waals surface area contributed by atoms with Crippen molar-refractivity contribution in [2.24, 2.45) is 0 Å². The number of hydrogen-bond donors (Lipinski definition) is 0. The van der Waals surface area contributed by atoms with E-state index in [0.29, 0.717) is 13.1 Å². The van der Waals surface area contributed by atoms with Crippen LogP contribution in [0.15, 0.2) is 0 Å². The van der Waals surface area contributed by atoms with Gasteiger partial charge in [-0.1, -0.05) is 0 Å². The van der Waals surface area contributed by atoms with Gasteiger partial charge >= 0.3 is 10.3 Å². The molecule has 6 heteroatoms. The van der Waals surface area contributed by atoms with Crippen LogP contribution in [-0.4, -0.2) is 55.9 Å². The van der Waals surface area contributed by atoms with Crippen LogP contribution in [-0.2, 0) is 14.5 Å². The van der Waals surface area contributed by atoms with E-state index in [4.69, 9.17) is 4.18 Å². The van der Waals surface area contributed by atoms with E-state index in [-0.39, 0.29) is 12.1 Å². The second-order valence-electron chi connectivity index (χ2n) is 4.92. The van der Waals surface area contributed by atoms with Crippen molar-refractivity contribution in [2.75, 3.05) is 32.8 Å². The van der Waals surface area contributed by atoms with Gasteiger partial charge in [0.25, 0.3) is 0 Å². The smallest absolute Gasteiger partial charge is 0.296 e. The fourth-order valence-corrected chi connectivity index (χ4v) is 2.86. The zero-order valence-electron chi connectivity index (χ0n) is 10.6. The van der Waals surface area contributed by atoms with Crippen LogP contribution in [0, 0.1) is 0 Å². The average molecular weight is 250 g/mol. The summed E-state index contributed by atoms with van der Waals surface area (Å²) in [5.74, 6) is 0. The third-order valence-corrected chi connectivity index (χ3v) is 4.30. The summed E-state index contributed by atoms with van der Waals surface area (Å²) in [6.45, 7) is 10.8. The second kappa shape index (κ2) is 5.00. The lowest BCUT2D eigenvalue weighted by Crippen LogP contribution is -2.54. The van der Waals surface area contributed by atoms with Crippen molar-refractivity contribution >= 4 is 10.3 Å². The van der Waals surface area contributed by atoms with Gasteiger partial charge in [0.05, 0.1) is 6.61 Å². The van der Waals surface area contributed by atoms with Gasteiger partial charge in [0, 0.05) is 31.7 Å². The highest BCUT2D eigenvalue weighted by Gasteiger charge is 2.31. The van der Waals surface area contributed by atoms with E-state index in [1.807, 2.05) is 0 Å². The molecule has 0 bridgehead atoms. The van der Waals surface area contributed by atoms with E-state index < -0.39 is 10.3 Å². The summed E-state index contributed by atoms with van der Waals surface area (Å²) < 4.78 is 29.4. The van der Waals surface area contributed by atoms with Crippen molar-refractivity contribution in [3.63, 3.8) is 0 Å². The van der Waals surface area contributed by atoms with Gasteiger partial charge in [-0.3, -0.25) is 9.08 Å². The molecule has 1 fully saturated rings. The van der Waals surface area contributed by atoms with Crippen molar-refractivity contribution in [3.8, 4) is 0 Å². The van der Waals surface area contributed by atoms with Crippen LogP contribution in [0.1, 0.15) is 27.7 Å². The summed E-state index contributed by atoms with van der Waals surface area (Å²) >= 11 is 0. The van der Waals surface area contributed by atoms with Crippen molar-refractivity contribution in [3.05, 3.63) is 0 Å². The molecule has 0 spiro atoms. The molecular formula is C10H22N2O3S. The molecule has 0 aromatic carbocycles. The third-order valence-electron chi connectivity index (χ3n) is 2.77. The summed E-state index contributed by atoms with van der Waals surface area (Å²) in [5, 5.41) is 0. The van der Waals surface area contributed by atoms with E-state index in [0.717, 1.165) is 13.1 Å². The molecule has 0 aromatic rings. The van der Waals surface area contributed by atoms with Crippen LogP contribution in [0.3, 0.4) is 0 Å². The molecule has 1 rings (SSSR count). The first-order valence-corrected chi connectivity index (χ1v) is 7.03. The van der Waals surface area contributed by atoms with Crippen LogP contribution in [0.25, 0.3) is 0 Å². The SMILES string of the molecule is CCOS(=O)(=O)N1CCN(C(C)(C)C)CC1. The molecule has 0 aromatic heterocycles. The molecule has 0 aliphatic carbocycles. The first-order valence-electron chi connectivity index (χ1n) is 5.67. The summed E-state index contributed by atoms with van der Waals surface area (Å²) in [5.41, 5.74) is 0.0987. The van der Waals surface area contributed by atoms with Gasteiger partial charge in [0.2, 0.25) is 0 Å². The molecular weight excluding hydrogens is 228 g/mol. The molecule has 0 saturated carbocycles. The zero-order valence-corrected chi connectivity index (χ0v) is 11.4. The Morgan fingerprint density at radius 1 is 1.12 bits per heavy atom. The molecule has 0 N–H and O–H groups in total. The zero-order chi connectivity index (χ0) is 12.4. The first-order chi connectivity index (χ1) is 7.27. The van der Waals surface area contributed by atoms with E-state index in [9.17, 15) is 8.42 Å². The van der Waals surface area contributed by atoms with Gasteiger partial charge in [0.15, 0.2) is 0 Å². The normalized spacial score (nSPS) is 21.2. The lowest BCUT2D eigenvalue weighted by molar-refractivity contribution is 0.0868. The highest BCUT2D eigenvalue weighted by molar-refractivity contribution is 7.84. The Morgan fingerprint density at radius 2 is 1.62 bits per heavy atom. The van der Waals surface area contributed by atoms with Crippen LogP contribution < -0.4 is 0 Å². The van der Waals surface area contributed by atoms with Crippen LogP contribution >= 0.6 is 0 Å². The van der Waals surface area contributed by atoms with E-state index in [1.165, 1.54) is 4.31 Å². The van der Waals surface area contributed by atoms with E-state index in [1.54, 1.807) is 6.92 Å². The Bertz CT molecular complexity index is 313. The Kier molecular flexibility index (Phi) is 4.34. The standard InChI is InChI=1S/C10H22N2O3S/c1-5-15-16(13,14)12-8-6-11(7-9-12)10(2,3)4/h5-9H2,1-4H3. The maximum Gasteiger partial charge on any atom is 0.338 e. The fourth-order valence-electron chi connectivity index (χ4n) is 1.81. The summed E-state index contributed by atoms with van der Waals surface area (Å²) in [6.07, 6.45) is 0. The van der Waals surface area contributed by atoms with E-state index >= 15 is 0 Å². The molecule has 96 valence electrons. The highest BCUT2D eigenvalue weighted by Crippen LogP contribution is 2.17. The molecule has 1 aliphatic heterocycles. The number of nitrogens with zero attached hydrogens (tertiary/aromatic N) is 2. The number of hydrogen-bond acceptors (Lipinski definition) is 4. The van der Waals surface area contributed by atoms with Crippen molar-refractivity contribution in [1.29, 1.82) is 0 Å². The van der Waals surface area contributed by atoms with Crippen molar-refractivity contribution in [1.82, 2.24) is 9.21 Å². The van der Waals surface area contributed by atoms with Crippen molar-refractivity contribution < 1.29 is 12.6 Å². The summed E-state index contributed by atoms with van der Waals surface area (Å²) in [4.78, 5) is 2.28. The molecule has 0 amide bonds. The third kappa shape index (κ3) is 3.41. The second-order valence-corrected chi connectivity index (χ2v) is 6.53. The minimum Gasteiger partial charge on any atom is -0.296 e. The Labute approximate surface area is 98.6 Å². The molecule has 5 nitrogen and oxygen atoms in total. The summed E-state index contributed by atoms with van der Waals surface area (Å²) in [7, 11) is -3.50. The molecule has 1 saturated heterocycles. The maximum atomic E-state index is 11.6. The Hall–Kier alpha value is -0.170. The molecule has 0 unspecified atom stereocenters. The molecule has 0 atom stereocenters. The van der Waals surface area contributed by atoms with Crippen molar-refractivity contribution in [2.45, 2.75) is 33.2 Å². The minimum absolute atomic E-state index is 0.0987. The molecule has 16 heavy (non-hydrogen) atoms. The molecule has 1 aliphatic rings.